The second-order valence-corrected chi connectivity index (χ2v) is 9.97. The van der Waals surface area contributed by atoms with Gasteiger partial charge < -0.3 is 14.6 Å². The van der Waals surface area contributed by atoms with Crippen LogP contribution in [0.2, 0.25) is 5.02 Å². The highest BCUT2D eigenvalue weighted by Crippen LogP contribution is 2.28. The van der Waals surface area contributed by atoms with Gasteiger partial charge in [0.2, 0.25) is 0 Å². The predicted molar refractivity (Wildman–Crippen MR) is 160 cm³/mol. The average Bonchev–Trinajstić information content (AvgIpc) is 2.99. The first kappa shape index (κ1) is 26.2. The number of hydrogen-bond donors (Lipinski definition) is 1. The number of aromatic nitrogens is 5. The minimum atomic E-state index is -0.452. The molecule has 1 atom stereocenters. The molecule has 10 heteroatoms. The maximum Gasteiger partial charge on any atom is 0.285 e. The third kappa shape index (κ3) is 4.92. The molecule has 0 bridgehead atoms. The summed E-state index contributed by atoms with van der Waals surface area (Å²) < 4.78 is 8.68. The lowest BCUT2D eigenvalue weighted by Crippen LogP contribution is -2.26. The van der Waals surface area contributed by atoms with E-state index in [1.807, 2.05) is 79.7 Å². The largest absolute Gasteiger partial charge is 0.497 e. The van der Waals surface area contributed by atoms with Crippen molar-refractivity contribution in [3.63, 3.8) is 0 Å². The fraction of sp³-hybridized carbons (Fsp3) is 0.129. The topological polar surface area (TPSA) is 104 Å². The van der Waals surface area contributed by atoms with Gasteiger partial charge in [-0.3, -0.25) is 14.2 Å². The molecule has 1 N–H and O–H groups in total. The SMILES string of the molecule is COc1ccc(Cn2cnc(=O)c3c(NC(C)c4cc5cccc(Cl)c5c(=O)n4-c4ccccc4)ncnc32)cc1. The summed E-state index contributed by atoms with van der Waals surface area (Å²) in [5.41, 5.74) is 2.10. The molecule has 0 saturated carbocycles. The van der Waals surface area contributed by atoms with Gasteiger partial charge in [0.1, 0.15) is 29.6 Å². The monoisotopic (exact) mass is 564 g/mol. The molecule has 0 spiro atoms. The lowest BCUT2D eigenvalue weighted by Gasteiger charge is -2.22. The first-order chi connectivity index (χ1) is 19.9. The number of fused-ring (bicyclic) bond motifs is 2. The highest BCUT2D eigenvalue weighted by molar-refractivity contribution is 6.35. The minimum absolute atomic E-state index is 0.237. The summed E-state index contributed by atoms with van der Waals surface area (Å²) in [5, 5.41) is 5.15. The molecule has 3 heterocycles. The van der Waals surface area contributed by atoms with Crippen molar-refractivity contribution in [2.75, 3.05) is 12.4 Å². The third-order valence-electron chi connectivity index (χ3n) is 6.98. The fourth-order valence-corrected chi connectivity index (χ4v) is 5.23. The molecule has 0 aliphatic heterocycles. The van der Waals surface area contributed by atoms with Gasteiger partial charge in [0.25, 0.3) is 11.1 Å². The van der Waals surface area contributed by atoms with Gasteiger partial charge in [-0.2, -0.15) is 4.98 Å². The number of methoxy groups -OCH3 is 1. The van der Waals surface area contributed by atoms with Gasteiger partial charge in [-0.1, -0.05) is 54.1 Å². The van der Waals surface area contributed by atoms with E-state index in [9.17, 15) is 9.59 Å². The highest BCUT2D eigenvalue weighted by Gasteiger charge is 2.20. The smallest absolute Gasteiger partial charge is 0.285 e. The Balaban J connectivity index is 1.45. The second kappa shape index (κ2) is 10.9. The first-order valence-electron chi connectivity index (χ1n) is 12.9. The number of rotatable bonds is 7. The molecule has 0 aliphatic rings. The Morgan fingerprint density at radius 1 is 0.927 bits per heavy atom. The number of anilines is 1. The zero-order chi connectivity index (χ0) is 28.5. The van der Waals surface area contributed by atoms with Crippen molar-refractivity contribution in [2.45, 2.75) is 19.5 Å². The maximum atomic E-state index is 13.8. The fourth-order valence-electron chi connectivity index (χ4n) is 4.97. The molecule has 0 fully saturated rings. The van der Waals surface area contributed by atoms with E-state index in [-0.39, 0.29) is 10.9 Å². The van der Waals surface area contributed by atoms with Crippen LogP contribution in [0.5, 0.6) is 5.75 Å². The van der Waals surface area contributed by atoms with Gasteiger partial charge in [-0.05, 0) is 54.3 Å². The highest BCUT2D eigenvalue weighted by atomic mass is 35.5. The molecule has 0 amide bonds. The molecular formula is C31H25ClN6O3. The van der Waals surface area contributed by atoms with Crippen molar-refractivity contribution < 1.29 is 4.74 Å². The molecule has 41 heavy (non-hydrogen) atoms. The molecule has 6 aromatic rings. The van der Waals surface area contributed by atoms with E-state index in [1.54, 1.807) is 22.3 Å². The molecular weight excluding hydrogens is 540 g/mol. The molecule has 1 unspecified atom stereocenters. The number of para-hydroxylation sites is 1. The first-order valence-corrected chi connectivity index (χ1v) is 13.3. The number of pyridine rings is 1. The number of ether oxygens (including phenoxy) is 1. The quantitative estimate of drug-likeness (QED) is 0.278. The van der Waals surface area contributed by atoms with Crippen LogP contribution >= 0.6 is 11.6 Å². The van der Waals surface area contributed by atoms with Crippen molar-refractivity contribution in [2.24, 2.45) is 0 Å². The zero-order valence-corrected chi connectivity index (χ0v) is 23.0. The predicted octanol–water partition coefficient (Wildman–Crippen LogP) is 5.37. The van der Waals surface area contributed by atoms with Gasteiger partial charge >= 0.3 is 0 Å². The number of hydrogen-bond acceptors (Lipinski definition) is 7. The zero-order valence-electron chi connectivity index (χ0n) is 22.3. The van der Waals surface area contributed by atoms with Crippen LogP contribution in [0.25, 0.3) is 27.5 Å². The summed E-state index contributed by atoms with van der Waals surface area (Å²) in [6.45, 7) is 2.35. The van der Waals surface area contributed by atoms with E-state index in [0.29, 0.717) is 39.8 Å². The van der Waals surface area contributed by atoms with Crippen LogP contribution in [-0.4, -0.2) is 31.2 Å². The van der Waals surface area contributed by atoms with Crippen molar-refractivity contribution >= 4 is 39.2 Å². The van der Waals surface area contributed by atoms with Gasteiger partial charge in [-0.25, -0.2) is 9.97 Å². The third-order valence-corrected chi connectivity index (χ3v) is 7.29. The minimum Gasteiger partial charge on any atom is -0.497 e. The number of halogens is 1. The Kier molecular flexibility index (Phi) is 6.94. The standard InChI is InChI=1S/C31H25ClN6O3/c1-19(25-15-21-7-6-10-24(32)26(21)31(40)38(25)22-8-4-3-5-9-22)36-28-27-29(34-17-33-28)37(18-35-30(27)39)16-20-11-13-23(41-2)14-12-20/h3-15,17-19H,16H2,1-2H3,(H,33,34,36). The Labute approximate surface area is 239 Å². The van der Waals surface area contributed by atoms with Crippen LogP contribution in [-0.2, 0) is 6.54 Å². The van der Waals surface area contributed by atoms with Crippen LogP contribution in [0.3, 0.4) is 0 Å². The summed E-state index contributed by atoms with van der Waals surface area (Å²) in [4.78, 5) is 39.8. The van der Waals surface area contributed by atoms with Crippen LogP contribution in [0.1, 0.15) is 24.2 Å². The average molecular weight is 565 g/mol. The Hall–Kier alpha value is -5.02. The molecule has 6 rings (SSSR count). The van der Waals surface area contributed by atoms with E-state index < -0.39 is 11.6 Å². The van der Waals surface area contributed by atoms with Crippen molar-refractivity contribution in [3.05, 3.63) is 129 Å². The maximum absolute atomic E-state index is 13.8. The van der Waals surface area contributed by atoms with Crippen LogP contribution in [0, 0.1) is 0 Å². The normalized spacial score (nSPS) is 12.0. The Bertz CT molecular complexity index is 2010. The van der Waals surface area contributed by atoms with Crippen LogP contribution in [0.4, 0.5) is 5.82 Å². The van der Waals surface area contributed by atoms with Crippen molar-refractivity contribution in [1.82, 2.24) is 24.1 Å². The molecule has 204 valence electrons. The van der Waals surface area contributed by atoms with Gasteiger partial charge in [0.15, 0.2) is 5.65 Å². The lowest BCUT2D eigenvalue weighted by molar-refractivity contribution is 0.414. The summed E-state index contributed by atoms with van der Waals surface area (Å²) in [7, 11) is 1.62. The van der Waals surface area contributed by atoms with Crippen molar-refractivity contribution in [3.8, 4) is 11.4 Å². The van der Waals surface area contributed by atoms with Gasteiger partial charge in [-0.15, -0.1) is 0 Å². The summed E-state index contributed by atoms with van der Waals surface area (Å²) in [6.07, 6.45) is 2.89. The number of nitrogens with one attached hydrogen (secondary N) is 1. The second-order valence-electron chi connectivity index (χ2n) is 9.56. The molecule has 3 aromatic heterocycles. The Morgan fingerprint density at radius 2 is 1.71 bits per heavy atom. The van der Waals surface area contributed by atoms with Gasteiger partial charge in [0.05, 0.1) is 30.1 Å². The Morgan fingerprint density at radius 3 is 2.46 bits per heavy atom. The van der Waals surface area contributed by atoms with E-state index >= 15 is 0 Å². The molecule has 0 aliphatic carbocycles. The van der Waals surface area contributed by atoms with E-state index in [2.05, 4.69) is 20.3 Å². The molecule has 9 nitrogen and oxygen atoms in total. The number of benzene rings is 3. The van der Waals surface area contributed by atoms with Crippen molar-refractivity contribution in [1.29, 1.82) is 0 Å². The molecule has 0 radical (unpaired) electrons. The van der Waals surface area contributed by atoms with E-state index in [4.69, 9.17) is 16.3 Å². The number of nitrogens with zero attached hydrogens (tertiary/aromatic N) is 5. The van der Waals surface area contributed by atoms with Crippen LogP contribution in [0.15, 0.2) is 101 Å². The lowest BCUT2D eigenvalue weighted by atomic mass is 10.1. The molecule has 0 saturated heterocycles. The van der Waals surface area contributed by atoms with E-state index in [1.165, 1.54) is 12.7 Å². The summed E-state index contributed by atoms with van der Waals surface area (Å²) >= 11 is 6.46. The van der Waals surface area contributed by atoms with Crippen LogP contribution < -0.4 is 21.2 Å². The summed E-state index contributed by atoms with van der Waals surface area (Å²) in [5.74, 6) is 1.08. The van der Waals surface area contributed by atoms with Gasteiger partial charge in [0, 0.05) is 11.4 Å². The molecule has 3 aromatic carbocycles. The summed E-state index contributed by atoms with van der Waals surface area (Å²) in [6, 6.07) is 23.9. The van der Waals surface area contributed by atoms with E-state index in [0.717, 1.165) is 16.7 Å².